The van der Waals surface area contributed by atoms with Crippen LogP contribution in [0.25, 0.3) is 0 Å². The Balaban J connectivity index is 2.95. The zero-order valence-corrected chi connectivity index (χ0v) is 8.58. The molecule has 0 bridgehead atoms. The molecule has 4 heteroatoms. The van der Waals surface area contributed by atoms with Crippen molar-refractivity contribution in [2.75, 3.05) is 12.0 Å². The number of hydrogen-bond acceptors (Lipinski definition) is 2. The second-order valence-corrected chi connectivity index (χ2v) is 3.75. The minimum atomic E-state index is -0.425. The fourth-order valence-corrected chi connectivity index (χ4v) is 1.61. The fourth-order valence-electron chi connectivity index (χ4n) is 0.924. The van der Waals surface area contributed by atoms with E-state index in [0.29, 0.717) is 11.3 Å². The average Bonchev–Trinajstić information content (AvgIpc) is 2.04. The van der Waals surface area contributed by atoms with Gasteiger partial charge in [0.15, 0.2) is 5.78 Å². The summed E-state index contributed by atoms with van der Waals surface area (Å²) in [5.74, 6) is -0.131. The molecule has 1 aromatic carbocycles. The molecule has 0 N–H and O–H groups in total. The van der Waals surface area contributed by atoms with Gasteiger partial charge in [-0.05, 0) is 24.5 Å². The minimum absolute atomic E-state index is 0.0718. The molecule has 0 atom stereocenters. The first-order chi connectivity index (χ1) is 6.15. The van der Waals surface area contributed by atoms with Crippen molar-refractivity contribution in [3.05, 3.63) is 34.6 Å². The fraction of sp³-hybridized carbons (Fsp3) is 0.222. The van der Waals surface area contributed by atoms with E-state index in [0.717, 1.165) is 6.07 Å². The van der Waals surface area contributed by atoms with Crippen LogP contribution in [-0.2, 0) is 0 Å². The summed E-state index contributed by atoms with van der Waals surface area (Å²) >= 11 is 7.11. The Labute approximate surface area is 85.3 Å². The molecule has 0 amide bonds. The molecule has 0 spiro atoms. The van der Waals surface area contributed by atoms with Crippen molar-refractivity contribution in [1.29, 1.82) is 0 Å². The highest BCUT2D eigenvalue weighted by atomic mass is 35.5. The van der Waals surface area contributed by atoms with Gasteiger partial charge in [0.05, 0.1) is 10.8 Å². The number of rotatable bonds is 3. The minimum Gasteiger partial charge on any atom is -0.293 e. The van der Waals surface area contributed by atoms with E-state index in [9.17, 15) is 9.18 Å². The molecule has 0 saturated carbocycles. The van der Waals surface area contributed by atoms with E-state index in [1.165, 1.54) is 23.9 Å². The molecule has 0 aliphatic carbocycles. The molecule has 70 valence electrons. The maximum Gasteiger partial charge on any atom is 0.174 e. The van der Waals surface area contributed by atoms with E-state index < -0.39 is 5.82 Å². The van der Waals surface area contributed by atoms with Gasteiger partial charge in [-0.2, -0.15) is 11.8 Å². The second kappa shape index (κ2) is 4.63. The maximum atomic E-state index is 12.6. The van der Waals surface area contributed by atoms with Crippen LogP contribution in [-0.4, -0.2) is 17.8 Å². The van der Waals surface area contributed by atoms with Crippen molar-refractivity contribution < 1.29 is 9.18 Å². The first-order valence-electron chi connectivity index (χ1n) is 3.62. The Morgan fingerprint density at radius 1 is 1.62 bits per heavy atom. The van der Waals surface area contributed by atoms with Crippen LogP contribution >= 0.6 is 23.4 Å². The van der Waals surface area contributed by atoms with Crippen molar-refractivity contribution in [1.82, 2.24) is 0 Å². The van der Waals surface area contributed by atoms with Crippen molar-refractivity contribution in [2.45, 2.75) is 0 Å². The lowest BCUT2D eigenvalue weighted by Gasteiger charge is -2.01. The number of carbonyl (C=O) groups is 1. The van der Waals surface area contributed by atoms with Crippen molar-refractivity contribution in [3.8, 4) is 0 Å². The smallest absolute Gasteiger partial charge is 0.174 e. The van der Waals surface area contributed by atoms with Gasteiger partial charge in [0.2, 0.25) is 0 Å². The predicted molar refractivity (Wildman–Crippen MR) is 54.1 cm³/mol. The number of hydrogen-bond donors (Lipinski definition) is 0. The third-order valence-corrected chi connectivity index (χ3v) is 2.37. The molecule has 0 unspecified atom stereocenters. The summed E-state index contributed by atoms with van der Waals surface area (Å²) in [5, 5.41) is 0.180. The molecule has 0 aromatic heterocycles. The van der Waals surface area contributed by atoms with Crippen LogP contribution in [0, 0.1) is 5.82 Å². The van der Waals surface area contributed by atoms with Gasteiger partial charge in [-0.3, -0.25) is 4.79 Å². The lowest BCUT2D eigenvalue weighted by atomic mass is 10.1. The zero-order chi connectivity index (χ0) is 9.84. The second-order valence-electron chi connectivity index (χ2n) is 2.48. The summed E-state index contributed by atoms with van der Waals surface area (Å²) in [6, 6.07) is 3.80. The first kappa shape index (κ1) is 10.5. The van der Waals surface area contributed by atoms with E-state index in [2.05, 4.69) is 0 Å². The van der Waals surface area contributed by atoms with E-state index in [1.807, 2.05) is 6.26 Å². The van der Waals surface area contributed by atoms with Gasteiger partial charge in [0.25, 0.3) is 0 Å². The van der Waals surface area contributed by atoms with E-state index in [1.54, 1.807) is 0 Å². The number of halogens is 2. The maximum absolute atomic E-state index is 12.6. The molecular formula is C9H8ClFOS. The Morgan fingerprint density at radius 3 is 2.85 bits per heavy atom. The molecule has 0 radical (unpaired) electrons. The number of thioether (sulfide) groups is 1. The number of ketones is 1. The molecule has 0 aliphatic rings. The average molecular weight is 219 g/mol. The van der Waals surface area contributed by atoms with Gasteiger partial charge in [-0.1, -0.05) is 11.6 Å². The molecule has 1 nitrogen and oxygen atoms in total. The van der Waals surface area contributed by atoms with Crippen LogP contribution in [0.2, 0.25) is 5.02 Å². The van der Waals surface area contributed by atoms with Crippen LogP contribution in [0.1, 0.15) is 10.4 Å². The normalized spacial score (nSPS) is 10.1. The summed E-state index contributed by atoms with van der Waals surface area (Å²) in [4.78, 5) is 11.3. The molecule has 1 rings (SSSR count). The van der Waals surface area contributed by atoms with E-state index in [-0.39, 0.29) is 10.8 Å². The van der Waals surface area contributed by atoms with Crippen LogP contribution < -0.4 is 0 Å². The highest BCUT2D eigenvalue weighted by molar-refractivity contribution is 7.99. The largest absolute Gasteiger partial charge is 0.293 e. The molecule has 13 heavy (non-hydrogen) atoms. The summed E-state index contributed by atoms with van der Waals surface area (Å²) in [6.45, 7) is 0. The summed E-state index contributed by atoms with van der Waals surface area (Å²) in [7, 11) is 0. The summed E-state index contributed by atoms with van der Waals surface area (Å²) < 4.78 is 12.6. The van der Waals surface area contributed by atoms with Crippen molar-refractivity contribution in [3.63, 3.8) is 0 Å². The molecule has 0 fully saturated rings. The van der Waals surface area contributed by atoms with Gasteiger partial charge in [0.1, 0.15) is 5.82 Å². The van der Waals surface area contributed by atoms with Crippen molar-refractivity contribution in [2.24, 2.45) is 0 Å². The monoisotopic (exact) mass is 218 g/mol. The molecule has 1 aromatic rings. The summed E-state index contributed by atoms with van der Waals surface area (Å²) in [6.07, 6.45) is 1.83. The molecule has 0 saturated heterocycles. The van der Waals surface area contributed by atoms with Gasteiger partial charge >= 0.3 is 0 Å². The van der Waals surface area contributed by atoms with Gasteiger partial charge in [0, 0.05) is 5.56 Å². The standard InChI is InChI=1S/C9H8ClFOS/c1-13-5-9(12)7-3-2-6(11)4-8(7)10/h2-4H,5H2,1H3. The third kappa shape index (κ3) is 2.71. The predicted octanol–water partition coefficient (Wildman–Crippen LogP) is 3.02. The Kier molecular flexibility index (Phi) is 3.75. The summed E-state index contributed by atoms with van der Waals surface area (Å²) in [5.41, 5.74) is 0.386. The van der Waals surface area contributed by atoms with E-state index in [4.69, 9.17) is 11.6 Å². The quantitative estimate of drug-likeness (QED) is 0.726. The highest BCUT2D eigenvalue weighted by Gasteiger charge is 2.09. The Hall–Kier alpha value is -0.540. The highest BCUT2D eigenvalue weighted by Crippen LogP contribution is 2.18. The lowest BCUT2D eigenvalue weighted by molar-refractivity contribution is 0.102. The molecule has 0 aliphatic heterocycles. The number of carbonyl (C=O) groups excluding carboxylic acids is 1. The van der Waals surface area contributed by atoms with Crippen LogP contribution in [0.15, 0.2) is 18.2 Å². The molecule has 0 heterocycles. The Bertz CT molecular complexity index is 327. The van der Waals surface area contributed by atoms with Crippen LogP contribution in [0.3, 0.4) is 0 Å². The van der Waals surface area contributed by atoms with Crippen LogP contribution in [0.5, 0.6) is 0 Å². The zero-order valence-electron chi connectivity index (χ0n) is 7.01. The van der Waals surface area contributed by atoms with E-state index >= 15 is 0 Å². The molecular weight excluding hydrogens is 211 g/mol. The topological polar surface area (TPSA) is 17.1 Å². The number of benzene rings is 1. The first-order valence-corrected chi connectivity index (χ1v) is 5.39. The van der Waals surface area contributed by atoms with Crippen LogP contribution in [0.4, 0.5) is 4.39 Å². The van der Waals surface area contributed by atoms with Crippen molar-refractivity contribution >= 4 is 29.1 Å². The lowest BCUT2D eigenvalue weighted by Crippen LogP contribution is -2.02. The SMILES string of the molecule is CSCC(=O)c1ccc(F)cc1Cl. The van der Waals surface area contributed by atoms with Gasteiger partial charge in [-0.25, -0.2) is 4.39 Å². The Morgan fingerprint density at radius 2 is 2.31 bits per heavy atom. The van der Waals surface area contributed by atoms with Gasteiger partial charge < -0.3 is 0 Å². The van der Waals surface area contributed by atoms with Gasteiger partial charge in [-0.15, -0.1) is 0 Å². The number of Topliss-reactive ketones (excluding diaryl/α,β-unsaturated/α-hetero) is 1. The third-order valence-electron chi connectivity index (χ3n) is 1.51.